The summed E-state index contributed by atoms with van der Waals surface area (Å²) in [6.45, 7) is 1.68. The van der Waals surface area contributed by atoms with Crippen LogP contribution in [-0.4, -0.2) is 103 Å². The predicted octanol–water partition coefficient (Wildman–Crippen LogP) is 6.33. The molecule has 2 saturated heterocycles. The van der Waals surface area contributed by atoms with Crippen LogP contribution >= 0.6 is 0 Å². The zero-order chi connectivity index (χ0) is 41.5. The fourth-order valence-electron chi connectivity index (χ4n) is 6.79. The highest BCUT2D eigenvalue weighted by atomic mass is 32.2. The number of nitrogens with zero attached hydrogens (tertiary/aromatic N) is 3. The Morgan fingerprint density at radius 3 is 2.12 bits per heavy atom. The number of rotatable bonds is 11. The number of aryl methyl sites for hydroxylation is 2. The van der Waals surface area contributed by atoms with E-state index in [1.807, 2.05) is 0 Å². The van der Waals surface area contributed by atoms with Crippen molar-refractivity contribution in [3.63, 3.8) is 0 Å². The fraction of sp³-hybridized carbons (Fsp3) is 0.528. The first kappa shape index (κ1) is 43.0. The number of hydrogen-bond acceptors (Lipinski definition) is 7. The summed E-state index contributed by atoms with van der Waals surface area (Å²) >= 11 is 0. The number of aliphatic hydroxyl groups is 1. The van der Waals surface area contributed by atoms with Crippen molar-refractivity contribution < 1.29 is 67.4 Å². The molecule has 2 fully saturated rings. The minimum atomic E-state index is -5.82. The summed E-state index contributed by atoms with van der Waals surface area (Å²) in [6, 6.07) is 5.76. The number of benzene rings is 2. The van der Waals surface area contributed by atoms with E-state index >= 15 is 0 Å². The lowest BCUT2D eigenvalue weighted by Gasteiger charge is -2.36. The van der Waals surface area contributed by atoms with Gasteiger partial charge in [-0.3, -0.25) is 14.6 Å². The third-order valence-electron chi connectivity index (χ3n) is 10.2. The number of ether oxygens (including phenoxy) is 1. The second-order valence-electron chi connectivity index (χ2n) is 14.2. The molecule has 2 aromatic rings. The number of alkyl halides is 9. The normalized spacial score (nSPS) is 19.4. The highest BCUT2D eigenvalue weighted by molar-refractivity contribution is 7.92. The Balaban J connectivity index is 1.23. The predicted molar refractivity (Wildman–Crippen MR) is 185 cm³/mol. The molecule has 0 aliphatic carbocycles. The number of amidine groups is 1. The van der Waals surface area contributed by atoms with Gasteiger partial charge in [0.25, 0.3) is 11.8 Å². The van der Waals surface area contributed by atoms with E-state index in [1.165, 1.54) is 11.0 Å². The Kier molecular flexibility index (Phi) is 12.0. The van der Waals surface area contributed by atoms with Gasteiger partial charge in [0, 0.05) is 49.1 Å². The Labute approximate surface area is 316 Å². The molecular weight excluding hydrogens is 787 g/mol. The van der Waals surface area contributed by atoms with Crippen molar-refractivity contribution >= 4 is 33.7 Å². The van der Waals surface area contributed by atoms with Gasteiger partial charge in [-0.15, -0.1) is 0 Å². The van der Waals surface area contributed by atoms with Crippen molar-refractivity contribution in [2.45, 2.75) is 81.8 Å². The van der Waals surface area contributed by atoms with Crippen molar-refractivity contribution in [2.75, 3.05) is 39.5 Å². The van der Waals surface area contributed by atoms with Crippen molar-refractivity contribution in [3.8, 4) is 5.75 Å². The van der Waals surface area contributed by atoms with E-state index < -0.39 is 82.8 Å². The number of carbonyl (C=O) groups is 2. The monoisotopic (exact) mass is 826 g/mol. The number of piperidine rings is 2. The highest BCUT2D eigenvalue weighted by Crippen LogP contribution is 2.41. The molecular formula is C36H39F9N4O6S. The maximum atomic E-state index is 13.9. The van der Waals surface area contributed by atoms with Crippen molar-refractivity contribution in [1.29, 1.82) is 0 Å². The first-order valence-corrected chi connectivity index (χ1v) is 19.0. The van der Waals surface area contributed by atoms with Gasteiger partial charge in [0.2, 0.25) is 10.0 Å². The van der Waals surface area contributed by atoms with Crippen LogP contribution in [0.3, 0.4) is 0 Å². The van der Waals surface area contributed by atoms with Gasteiger partial charge in [0.15, 0.2) is 0 Å². The van der Waals surface area contributed by atoms with Crippen LogP contribution in [0.1, 0.15) is 76.7 Å². The SMILES string of the molecule is Cc1cc(C(=O)N2CCC(O)(CF)CC2)cc(C)c1/C=C/S(=O)(=O)N1CCC2(CC1)N=C(c1ccc(OCCCC(F)(F)C(F)(F)F)c(C(F)(F)F)c1)NC2=O. The molecule has 0 saturated carbocycles. The summed E-state index contributed by atoms with van der Waals surface area (Å²) < 4.78 is 151. The summed E-state index contributed by atoms with van der Waals surface area (Å²) in [6.07, 6.45) is -12.1. The van der Waals surface area contributed by atoms with Crippen LogP contribution in [0.5, 0.6) is 5.75 Å². The van der Waals surface area contributed by atoms with Gasteiger partial charge in [-0.05, 0) is 99.0 Å². The molecule has 308 valence electrons. The first-order chi connectivity index (χ1) is 25.9. The Morgan fingerprint density at radius 1 is 0.964 bits per heavy atom. The van der Waals surface area contributed by atoms with E-state index in [-0.39, 0.29) is 69.2 Å². The standard InChI is InChI=1S/C36H39F9N4O6S/c1-22-18-25(30(50)48-12-8-32(52,21-37)9-13-48)19-23(2)26(22)6-17-56(53,54)49-14-10-33(11-15-49)31(51)46-29(47-33)24-4-5-28(27(20-24)35(40,41)42)55-16-3-7-34(38,39)36(43,44)45/h4-6,17-20,52H,3,7-16,21H2,1-2H3,(H,46,47,51)/b17-6+. The van der Waals surface area contributed by atoms with Gasteiger partial charge in [0.05, 0.1) is 17.8 Å². The van der Waals surface area contributed by atoms with Crippen LogP contribution in [0, 0.1) is 13.8 Å². The Bertz CT molecular complexity index is 1980. The summed E-state index contributed by atoms with van der Waals surface area (Å²) in [4.78, 5) is 32.1. The van der Waals surface area contributed by atoms with E-state index in [2.05, 4.69) is 10.3 Å². The number of amides is 2. The number of nitrogens with one attached hydrogen (secondary N) is 1. The second-order valence-corrected chi connectivity index (χ2v) is 16.0. The summed E-state index contributed by atoms with van der Waals surface area (Å²) in [5.41, 5.74) is -2.40. The quantitative estimate of drug-likeness (QED) is 0.202. The largest absolute Gasteiger partial charge is 0.493 e. The molecule has 5 rings (SSSR count). The van der Waals surface area contributed by atoms with Gasteiger partial charge in [-0.25, -0.2) is 12.8 Å². The molecule has 0 bridgehead atoms. The molecule has 10 nitrogen and oxygen atoms in total. The third kappa shape index (κ3) is 9.17. The van der Waals surface area contributed by atoms with Crippen LogP contribution in [0.25, 0.3) is 6.08 Å². The molecule has 0 aromatic heterocycles. The Morgan fingerprint density at radius 2 is 1.57 bits per heavy atom. The summed E-state index contributed by atoms with van der Waals surface area (Å²) in [5, 5.41) is 13.6. The Hall–Kier alpha value is -4.17. The van der Waals surface area contributed by atoms with Gasteiger partial charge >= 0.3 is 18.3 Å². The lowest BCUT2D eigenvalue weighted by atomic mass is 9.89. The van der Waals surface area contributed by atoms with Crippen molar-refractivity contribution in [2.24, 2.45) is 4.99 Å². The van der Waals surface area contributed by atoms with Crippen LogP contribution in [-0.2, 0) is 21.0 Å². The average molecular weight is 827 g/mol. The van der Waals surface area contributed by atoms with Gasteiger partial charge in [-0.2, -0.15) is 39.4 Å². The van der Waals surface area contributed by atoms with Crippen LogP contribution in [0.15, 0.2) is 40.7 Å². The molecule has 2 N–H and O–H groups in total. The van der Waals surface area contributed by atoms with Crippen LogP contribution < -0.4 is 10.1 Å². The third-order valence-corrected chi connectivity index (χ3v) is 11.8. The van der Waals surface area contributed by atoms with E-state index in [0.717, 1.165) is 21.8 Å². The lowest BCUT2D eigenvalue weighted by molar-refractivity contribution is -0.284. The van der Waals surface area contributed by atoms with Gasteiger partial charge in [0.1, 0.15) is 23.8 Å². The summed E-state index contributed by atoms with van der Waals surface area (Å²) in [5.74, 6) is -7.07. The molecule has 3 heterocycles. The number of sulfonamides is 1. The van der Waals surface area contributed by atoms with Crippen LogP contribution in [0.4, 0.5) is 39.5 Å². The molecule has 0 radical (unpaired) electrons. The molecule has 56 heavy (non-hydrogen) atoms. The zero-order valence-electron chi connectivity index (χ0n) is 30.2. The molecule has 20 heteroatoms. The van der Waals surface area contributed by atoms with E-state index in [4.69, 9.17) is 4.74 Å². The molecule has 3 aliphatic rings. The lowest BCUT2D eigenvalue weighted by Crippen LogP contribution is -2.50. The first-order valence-electron chi connectivity index (χ1n) is 17.5. The maximum absolute atomic E-state index is 13.9. The fourth-order valence-corrected chi connectivity index (χ4v) is 7.96. The topological polar surface area (TPSA) is 129 Å². The second kappa shape index (κ2) is 15.6. The molecule has 2 amide bonds. The van der Waals surface area contributed by atoms with Crippen molar-refractivity contribution in [1.82, 2.24) is 14.5 Å². The zero-order valence-corrected chi connectivity index (χ0v) is 31.0. The minimum Gasteiger partial charge on any atom is -0.493 e. The maximum Gasteiger partial charge on any atom is 0.453 e. The van der Waals surface area contributed by atoms with E-state index in [1.54, 1.807) is 26.0 Å². The average Bonchev–Trinajstić information content (AvgIpc) is 3.43. The molecule has 1 spiro atoms. The minimum absolute atomic E-state index is 0.105. The van der Waals surface area contributed by atoms with Gasteiger partial charge in [-0.1, -0.05) is 0 Å². The molecule has 2 aromatic carbocycles. The summed E-state index contributed by atoms with van der Waals surface area (Å²) in [7, 11) is -4.05. The van der Waals surface area contributed by atoms with Gasteiger partial charge < -0.3 is 20.1 Å². The van der Waals surface area contributed by atoms with Crippen molar-refractivity contribution in [3.05, 3.63) is 69.1 Å². The molecule has 0 unspecified atom stereocenters. The molecule has 0 atom stereocenters. The highest BCUT2D eigenvalue weighted by Gasteiger charge is 2.56. The van der Waals surface area contributed by atoms with E-state index in [0.29, 0.717) is 28.3 Å². The number of carbonyl (C=O) groups excluding carboxylic acids is 2. The number of aliphatic imine (C=N–C) groups is 1. The smallest absolute Gasteiger partial charge is 0.453 e. The molecule has 3 aliphatic heterocycles. The number of likely N-dealkylation sites (tertiary alicyclic amines) is 1. The van der Waals surface area contributed by atoms with E-state index in [9.17, 15) is 62.6 Å². The number of hydrogen-bond donors (Lipinski definition) is 2. The number of halogens is 9. The van der Waals surface area contributed by atoms with Crippen LogP contribution in [0.2, 0.25) is 0 Å².